The third kappa shape index (κ3) is 5.83. The highest BCUT2D eigenvalue weighted by Gasteiger charge is 2.11. The first kappa shape index (κ1) is 16.3. The summed E-state index contributed by atoms with van der Waals surface area (Å²) in [6.45, 7) is 6.09. The summed E-state index contributed by atoms with van der Waals surface area (Å²) in [5.74, 6) is 0.866. The van der Waals surface area contributed by atoms with Crippen molar-refractivity contribution in [1.82, 2.24) is 5.32 Å². The molecule has 0 aliphatic rings. The molecular weight excluding hydrogens is 285 g/mol. The molecule has 0 aliphatic carbocycles. The molecule has 0 aliphatic heterocycles. The van der Waals surface area contributed by atoms with Crippen molar-refractivity contribution in [1.29, 1.82) is 0 Å². The second kappa shape index (κ2) is 7.75. The smallest absolute Gasteiger partial charge is 0.230 e. The van der Waals surface area contributed by atoms with Crippen LogP contribution in [0.5, 0.6) is 0 Å². The third-order valence-electron chi connectivity index (χ3n) is 2.89. The molecule has 1 aromatic rings. The predicted molar refractivity (Wildman–Crippen MR) is 80.0 cm³/mol. The van der Waals surface area contributed by atoms with E-state index in [0.717, 1.165) is 0 Å². The summed E-state index contributed by atoms with van der Waals surface area (Å²) in [4.78, 5) is 11.6. The maximum absolute atomic E-state index is 13.5. The van der Waals surface area contributed by atoms with Gasteiger partial charge in [-0.1, -0.05) is 31.5 Å². The van der Waals surface area contributed by atoms with Crippen LogP contribution in [0, 0.1) is 11.7 Å². The van der Waals surface area contributed by atoms with Crippen LogP contribution in [0.3, 0.4) is 0 Å². The molecule has 1 aromatic carbocycles. The molecule has 0 heterocycles. The molecule has 5 heteroatoms. The number of nitrogens with one attached hydrogen (secondary N) is 1. The van der Waals surface area contributed by atoms with Crippen LogP contribution in [-0.4, -0.2) is 17.7 Å². The topological polar surface area (TPSA) is 29.1 Å². The minimum absolute atomic E-state index is 0.0134. The Labute approximate surface area is 123 Å². The van der Waals surface area contributed by atoms with E-state index in [1.165, 1.54) is 17.8 Å². The zero-order valence-electron chi connectivity index (χ0n) is 11.4. The highest BCUT2D eigenvalue weighted by Crippen LogP contribution is 2.19. The van der Waals surface area contributed by atoms with Crippen molar-refractivity contribution in [3.8, 4) is 0 Å². The summed E-state index contributed by atoms with van der Waals surface area (Å²) in [5, 5.41) is 3.30. The van der Waals surface area contributed by atoms with E-state index < -0.39 is 0 Å². The van der Waals surface area contributed by atoms with E-state index in [1.54, 1.807) is 12.1 Å². The maximum atomic E-state index is 13.5. The molecule has 0 saturated heterocycles. The molecule has 0 fully saturated rings. The highest BCUT2D eigenvalue weighted by atomic mass is 35.5. The van der Waals surface area contributed by atoms with Crippen molar-refractivity contribution < 1.29 is 9.18 Å². The molecular formula is C14H19ClFNOS. The third-order valence-corrected chi connectivity index (χ3v) is 4.11. The van der Waals surface area contributed by atoms with E-state index in [0.29, 0.717) is 28.0 Å². The monoisotopic (exact) mass is 303 g/mol. The minimum atomic E-state index is -0.323. The summed E-state index contributed by atoms with van der Waals surface area (Å²) in [6.07, 6.45) is 0. The van der Waals surface area contributed by atoms with Gasteiger partial charge in [0.2, 0.25) is 5.91 Å². The molecule has 1 N–H and O–H groups in total. The number of hydrogen-bond acceptors (Lipinski definition) is 2. The fourth-order valence-electron chi connectivity index (χ4n) is 1.35. The summed E-state index contributed by atoms with van der Waals surface area (Å²) in [7, 11) is 0. The van der Waals surface area contributed by atoms with Gasteiger partial charge < -0.3 is 5.32 Å². The molecule has 19 heavy (non-hydrogen) atoms. The number of carbonyl (C=O) groups is 1. The van der Waals surface area contributed by atoms with Gasteiger partial charge in [0.25, 0.3) is 0 Å². The Balaban J connectivity index is 2.36. The number of carbonyl (C=O) groups excluding carboxylic acids is 1. The van der Waals surface area contributed by atoms with Crippen LogP contribution in [0.15, 0.2) is 18.2 Å². The van der Waals surface area contributed by atoms with Crippen molar-refractivity contribution in [2.75, 3.05) is 5.75 Å². The van der Waals surface area contributed by atoms with E-state index in [9.17, 15) is 9.18 Å². The van der Waals surface area contributed by atoms with Gasteiger partial charge in [-0.3, -0.25) is 4.79 Å². The van der Waals surface area contributed by atoms with Crippen LogP contribution in [0.25, 0.3) is 0 Å². The van der Waals surface area contributed by atoms with Crippen LogP contribution in [0.2, 0.25) is 5.02 Å². The Morgan fingerprint density at radius 3 is 2.68 bits per heavy atom. The lowest BCUT2D eigenvalue weighted by Gasteiger charge is -2.17. The lowest BCUT2D eigenvalue weighted by Crippen LogP contribution is -2.37. The van der Waals surface area contributed by atoms with Crippen molar-refractivity contribution in [2.24, 2.45) is 5.92 Å². The predicted octanol–water partition coefficient (Wildman–Crippen LogP) is 3.87. The van der Waals surface area contributed by atoms with Crippen molar-refractivity contribution in [2.45, 2.75) is 32.6 Å². The van der Waals surface area contributed by atoms with Gasteiger partial charge in [-0.2, -0.15) is 0 Å². The summed E-state index contributed by atoms with van der Waals surface area (Å²) in [5.41, 5.74) is 0.569. The largest absolute Gasteiger partial charge is 0.353 e. The van der Waals surface area contributed by atoms with Crippen molar-refractivity contribution in [3.63, 3.8) is 0 Å². The van der Waals surface area contributed by atoms with Crippen LogP contribution >= 0.6 is 23.4 Å². The van der Waals surface area contributed by atoms with Crippen LogP contribution in [-0.2, 0) is 10.5 Å². The van der Waals surface area contributed by atoms with E-state index in [4.69, 9.17) is 11.6 Å². The number of halogens is 2. The van der Waals surface area contributed by atoms with Crippen LogP contribution in [0.4, 0.5) is 4.39 Å². The fourth-order valence-corrected chi connectivity index (χ4v) is 2.34. The second-order valence-electron chi connectivity index (χ2n) is 4.83. The first-order valence-corrected chi connectivity index (χ1v) is 7.74. The number of benzene rings is 1. The van der Waals surface area contributed by atoms with Gasteiger partial charge in [0.1, 0.15) is 5.82 Å². The molecule has 2 nitrogen and oxygen atoms in total. The summed E-state index contributed by atoms with van der Waals surface area (Å²) >= 11 is 7.07. The van der Waals surface area contributed by atoms with Gasteiger partial charge in [0, 0.05) is 16.8 Å². The Kier molecular flexibility index (Phi) is 6.66. The lowest BCUT2D eigenvalue weighted by molar-refractivity contribution is -0.119. The maximum Gasteiger partial charge on any atom is 0.230 e. The molecule has 0 unspecified atom stereocenters. The first-order valence-electron chi connectivity index (χ1n) is 6.21. The lowest BCUT2D eigenvalue weighted by atomic mass is 10.1. The number of hydrogen-bond donors (Lipinski definition) is 1. The minimum Gasteiger partial charge on any atom is -0.353 e. The second-order valence-corrected chi connectivity index (χ2v) is 6.25. The van der Waals surface area contributed by atoms with E-state index in [-0.39, 0.29) is 17.8 Å². The van der Waals surface area contributed by atoms with Crippen molar-refractivity contribution in [3.05, 3.63) is 34.6 Å². The Bertz CT molecular complexity index is 439. The number of amides is 1. The zero-order valence-corrected chi connectivity index (χ0v) is 12.9. The molecule has 1 rings (SSSR count). The quantitative estimate of drug-likeness (QED) is 0.864. The van der Waals surface area contributed by atoms with Crippen LogP contribution < -0.4 is 5.32 Å². The Morgan fingerprint density at radius 1 is 1.42 bits per heavy atom. The molecule has 0 bridgehead atoms. The van der Waals surface area contributed by atoms with E-state index in [1.807, 2.05) is 6.92 Å². The van der Waals surface area contributed by atoms with Gasteiger partial charge in [-0.15, -0.1) is 11.8 Å². The average Bonchev–Trinajstić information content (AvgIpc) is 2.31. The Hall–Kier alpha value is -0.740. The average molecular weight is 304 g/mol. The molecule has 106 valence electrons. The van der Waals surface area contributed by atoms with Gasteiger partial charge in [-0.25, -0.2) is 4.39 Å². The van der Waals surface area contributed by atoms with Crippen molar-refractivity contribution >= 4 is 29.3 Å². The van der Waals surface area contributed by atoms with Crippen LogP contribution in [0.1, 0.15) is 26.3 Å². The number of thioether (sulfide) groups is 1. The number of rotatable bonds is 6. The van der Waals surface area contributed by atoms with Gasteiger partial charge in [0.05, 0.1) is 5.75 Å². The van der Waals surface area contributed by atoms with Gasteiger partial charge in [-0.05, 0) is 30.5 Å². The Morgan fingerprint density at radius 2 is 2.11 bits per heavy atom. The van der Waals surface area contributed by atoms with E-state index in [2.05, 4.69) is 19.2 Å². The summed E-state index contributed by atoms with van der Waals surface area (Å²) < 4.78 is 13.5. The van der Waals surface area contributed by atoms with Gasteiger partial charge >= 0.3 is 0 Å². The molecule has 0 spiro atoms. The molecule has 0 aromatic heterocycles. The molecule has 0 saturated carbocycles. The van der Waals surface area contributed by atoms with Gasteiger partial charge in [0.15, 0.2) is 0 Å². The molecule has 1 atom stereocenters. The fraction of sp³-hybridized carbons (Fsp3) is 0.500. The zero-order chi connectivity index (χ0) is 14.4. The molecule has 0 radical (unpaired) electrons. The SMILES string of the molecule is CC(C)[C@@H](C)NC(=O)CSCc1ccc(Cl)cc1F. The summed E-state index contributed by atoms with van der Waals surface area (Å²) in [6, 6.07) is 4.75. The molecule has 1 amide bonds. The normalized spacial score (nSPS) is 12.5. The highest BCUT2D eigenvalue weighted by molar-refractivity contribution is 7.99. The first-order chi connectivity index (χ1) is 8.90. The van der Waals surface area contributed by atoms with E-state index >= 15 is 0 Å². The standard InChI is InChI=1S/C14H19ClFNOS/c1-9(2)10(3)17-14(18)8-19-7-11-4-5-12(15)6-13(11)16/h4-6,9-10H,7-8H2,1-3H3,(H,17,18)/t10-/m1/s1.